The Morgan fingerprint density at radius 2 is 2.25 bits per heavy atom. The summed E-state index contributed by atoms with van der Waals surface area (Å²) in [5, 5.41) is 11.0. The molecule has 1 saturated carbocycles. The van der Waals surface area contributed by atoms with Crippen molar-refractivity contribution in [2.75, 3.05) is 0 Å². The summed E-state index contributed by atoms with van der Waals surface area (Å²) in [6.07, 6.45) is 5.74. The predicted molar refractivity (Wildman–Crippen MR) is 79.4 cm³/mol. The van der Waals surface area contributed by atoms with E-state index in [-0.39, 0.29) is 17.2 Å². The first kappa shape index (κ1) is 15.1. The molecule has 0 radical (unpaired) electrons. The van der Waals surface area contributed by atoms with Gasteiger partial charge >= 0.3 is 0 Å². The molecule has 0 amide bonds. The summed E-state index contributed by atoms with van der Waals surface area (Å²) in [5.74, 6) is 0.545. The average Bonchev–Trinajstić information content (AvgIpc) is 2.43. The van der Waals surface area contributed by atoms with Crippen molar-refractivity contribution in [3.63, 3.8) is 0 Å². The van der Waals surface area contributed by atoms with E-state index in [4.69, 9.17) is 16.3 Å². The van der Waals surface area contributed by atoms with Crippen LogP contribution in [0.2, 0.25) is 5.02 Å². The number of benzene rings is 1. The number of nitro groups is 1. The molecule has 2 atom stereocenters. The standard InChI is InChI=1S/C15H20ClNO3/c1-3-15(2)9-5-4-6-14(15)20-13-8-7-11(17(18)19)10-12(13)16/h7-8,10,14H,3-6,9H2,1-2H3. The molecule has 1 fully saturated rings. The van der Waals surface area contributed by atoms with Crippen LogP contribution in [0.1, 0.15) is 46.0 Å². The zero-order valence-electron chi connectivity index (χ0n) is 11.9. The lowest BCUT2D eigenvalue weighted by Crippen LogP contribution is -2.39. The van der Waals surface area contributed by atoms with E-state index in [2.05, 4.69) is 13.8 Å². The zero-order chi connectivity index (χ0) is 14.8. The van der Waals surface area contributed by atoms with Crippen molar-refractivity contribution < 1.29 is 9.66 Å². The van der Waals surface area contributed by atoms with Crippen LogP contribution in [0.4, 0.5) is 5.69 Å². The Morgan fingerprint density at radius 3 is 2.85 bits per heavy atom. The molecule has 0 heterocycles. The van der Waals surface area contributed by atoms with Gasteiger partial charge in [0.1, 0.15) is 11.9 Å². The van der Waals surface area contributed by atoms with Crippen molar-refractivity contribution in [2.45, 2.75) is 52.1 Å². The summed E-state index contributed by atoms with van der Waals surface area (Å²) < 4.78 is 6.07. The van der Waals surface area contributed by atoms with Crippen LogP contribution in [0.3, 0.4) is 0 Å². The van der Waals surface area contributed by atoms with Crippen molar-refractivity contribution in [1.29, 1.82) is 0 Å². The van der Waals surface area contributed by atoms with Crippen LogP contribution in [0.25, 0.3) is 0 Å². The zero-order valence-corrected chi connectivity index (χ0v) is 12.7. The number of nitrogens with zero attached hydrogens (tertiary/aromatic N) is 1. The summed E-state index contributed by atoms with van der Waals surface area (Å²) in [7, 11) is 0. The largest absolute Gasteiger partial charge is 0.488 e. The van der Waals surface area contributed by atoms with Gasteiger partial charge in [-0.3, -0.25) is 10.1 Å². The van der Waals surface area contributed by atoms with Gasteiger partial charge in [-0.25, -0.2) is 0 Å². The smallest absolute Gasteiger partial charge is 0.271 e. The summed E-state index contributed by atoms with van der Waals surface area (Å²) >= 11 is 6.10. The first-order chi connectivity index (χ1) is 9.46. The van der Waals surface area contributed by atoms with Crippen LogP contribution in [0.15, 0.2) is 18.2 Å². The van der Waals surface area contributed by atoms with Gasteiger partial charge in [0.15, 0.2) is 0 Å². The topological polar surface area (TPSA) is 52.4 Å². The van der Waals surface area contributed by atoms with E-state index >= 15 is 0 Å². The second-order valence-corrected chi connectivity index (χ2v) is 6.14. The Labute approximate surface area is 124 Å². The quantitative estimate of drug-likeness (QED) is 0.581. The van der Waals surface area contributed by atoms with E-state index in [1.807, 2.05) is 0 Å². The molecular weight excluding hydrogens is 278 g/mol. The first-order valence-electron chi connectivity index (χ1n) is 7.07. The predicted octanol–water partition coefficient (Wildman–Crippen LogP) is 4.99. The average molecular weight is 298 g/mol. The lowest BCUT2D eigenvalue weighted by Gasteiger charge is -2.40. The van der Waals surface area contributed by atoms with E-state index in [1.165, 1.54) is 18.6 Å². The molecule has 0 N–H and O–H groups in total. The molecule has 2 rings (SSSR count). The number of hydrogen-bond acceptors (Lipinski definition) is 3. The van der Waals surface area contributed by atoms with Gasteiger partial charge in [0, 0.05) is 17.5 Å². The Hall–Kier alpha value is -1.29. The molecule has 5 heteroatoms. The summed E-state index contributed by atoms with van der Waals surface area (Å²) in [6.45, 7) is 4.43. The first-order valence-corrected chi connectivity index (χ1v) is 7.44. The third kappa shape index (κ3) is 3.06. The van der Waals surface area contributed by atoms with Crippen LogP contribution < -0.4 is 4.74 Å². The highest BCUT2D eigenvalue weighted by molar-refractivity contribution is 6.32. The fraction of sp³-hybridized carbons (Fsp3) is 0.600. The summed E-state index contributed by atoms with van der Waals surface area (Å²) in [6, 6.07) is 4.39. The van der Waals surface area contributed by atoms with Gasteiger partial charge in [-0.15, -0.1) is 0 Å². The molecule has 2 unspecified atom stereocenters. The third-order valence-corrected chi connectivity index (χ3v) is 4.74. The normalized spacial score (nSPS) is 26.2. The maximum atomic E-state index is 10.7. The van der Waals surface area contributed by atoms with Crippen molar-refractivity contribution in [1.82, 2.24) is 0 Å². The van der Waals surface area contributed by atoms with Crippen LogP contribution in [-0.4, -0.2) is 11.0 Å². The van der Waals surface area contributed by atoms with Crippen molar-refractivity contribution in [2.24, 2.45) is 5.41 Å². The lowest BCUT2D eigenvalue weighted by molar-refractivity contribution is -0.384. The molecule has 0 aliphatic heterocycles. The molecule has 1 aromatic carbocycles. The fourth-order valence-electron chi connectivity index (χ4n) is 2.83. The van der Waals surface area contributed by atoms with Crippen molar-refractivity contribution in [3.05, 3.63) is 33.3 Å². The maximum absolute atomic E-state index is 10.7. The Balaban J connectivity index is 2.18. The molecule has 0 spiro atoms. The van der Waals surface area contributed by atoms with Crippen LogP contribution in [0.5, 0.6) is 5.75 Å². The highest BCUT2D eigenvalue weighted by Gasteiger charge is 2.37. The third-order valence-electron chi connectivity index (χ3n) is 4.44. The van der Waals surface area contributed by atoms with Gasteiger partial charge < -0.3 is 4.74 Å². The van der Waals surface area contributed by atoms with Crippen LogP contribution >= 0.6 is 11.6 Å². The molecule has 20 heavy (non-hydrogen) atoms. The summed E-state index contributed by atoms with van der Waals surface area (Å²) in [5.41, 5.74) is 0.146. The van der Waals surface area contributed by atoms with Crippen LogP contribution in [0, 0.1) is 15.5 Å². The Morgan fingerprint density at radius 1 is 1.50 bits per heavy atom. The second-order valence-electron chi connectivity index (χ2n) is 5.73. The molecule has 1 aromatic rings. The molecule has 1 aliphatic carbocycles. The van der Waals surface area contributed by atoms with Crippen molar-refractivity contribution >= 4 is 17.3 Å². The molecular formula is C15H20ClNO3. The van der Waals surface area contributed by atoms with E-state index in [9.17, 15) is 10.1 Å². The minimum atomic E-state index is -0.452. The molecule has 0 aromatic heterocycles. The van der Waals surface area contributed by atoms with Gasteiger partial charge in [-0.2, -0.15) is 0 Å². The van der Waals surface area contributed by atoms with Gasteiger partial charge in [-0.05, 0) is 31.7 Å². The molecule has 1 aliphatic rings. The minimum absolute atomic E-state index is 0.00996. The van der Waals surface area contributed by atoms with E-state index in [0.717, 1.165) is 25.7 Å². The number of halogens is 1. The number of non-ortho nitro benzene ring substituents is 1. The number of nitro benzene ring substituents is 1. The Kier molecular flexibility index (Phi) is 4.53. The molecule has 0 saturated heterocycles. The van der Waals surface area contributed by atoms with Gasteiger partial charge in [0.25, 0.3) is 5.69 Å². The summed E-state index contributed by atoms with van der Waals surface area (Å²) in [4.78, 5) is 10.3. The number of rotatable bonds is 4. The fourth-order valence-corrected chi connectivity index (χ4v) is 3.05. The second kappa shape index (κ2) is 6.00. The van der Waals surface area contributed by atoms with Gasteiger partial charge in [-0.1, -0.05) is 31.9 Å². The van der Waals surface area contributed by atoms with Crippen molar-refractivity contribution in [3.8, 4) is 5.75 Å². The highest BCUT2D eigenvalue weighted by atomic mass is 35.5. The Bertz CT molecular complexity index is 506. The van der Waals surface area contributed by atoms with Crippen LogP contribution in [-0.2, 0) is 0 Å². The van der Waals surface area contributed by atoms with E-state index < -0.39 is 4.92 Å². The molecule has 4 nitrogen and oxygen atoms in total. The van der Waals surface area contributed by atoms with Gasteiger partial charge in [0.05, 0.1) is 9.95 Å². The SMILES string of the molecule is CCC1(C)CCCCC1Oc1ccc([N+](=O)[O-])cc1Cl. The van der Waals surface area contributed by atoms with E-state index in [0.29, 0.717) is 10.8 Å². The lowest BCUT2D eigenvalue weighted by atomic mass is 9.71. The van der Waals surface area contributed by atoms with Gasteiger partial charge in [0.2, 0.25) is 0 Å². The molecule has 110 valence electrons. The number of ether oxygens (including phenoxy) is 1. The highest BCUT2D eigenvalue weighted by Crippen LogP contribution is 2.42. The number of hydrogen-bond donors (Lipinski definition) is 0. The monoisotopic (exact) mass is 297 g/mol. The molecule has 0 bridgehead atoms. The minimum Gasteiger partial charge on any atom is -0.488 e. The van der Waals surface area contributed by atoms with E-state index in [1.54, 1.807) is 6.07 Å². The maximum Gasteiger partial charge on any atom is 0.271 e.